The molecule has 2 rings (SSSR count). The molecule has 0 amide bonds. The Bertz CT molecular complexity index is 286. The van der Waals surface area contributed by atoms with Crippen LogP contribution in [0.2, 0.25) is 0 Å². The van der Waals surface area contributed by atoms with Gasteiger partial charge in [0.15, 0.2) is 0 Å². The van der Waals surface area contributed by atoms with Crippen LogP contribution < -0.4 is 5.32 Å². The molecule has 1 heterocycles. The highest BCUT2D eigenvalue weighted by molar-refractivity contribution is 5.61. The highest BCUT2D eigenvalue weighted by atomic mass is 14.9. The zero-order valence-electron chi connectivity index (χ0n) is 7.30. The van der Waals surface area contributed by atoms with Crippen molar-refractivity contribution in [3.63, 3.8) is 0 Å². The summed E-state index contributed by atoms with van der Waals surface area (Å²) in [6.07, 6.45) is 4.43. The van der Waals surface area contributed by atoms with Crippen LogP contribution >= 0.6 is 0 Å². The minimum Gasteiger partial charge on any atom is -0.359 e. The van der Waals surface area contributed by atoms with Crippen LogP contribution in [-0.4, -0.2) is 0 Å². The lowest BCUT2D eigenvalue weighted by Gasteiger charge is -1.97. The number of hydrogen-bond acceptors (Lipinski definition) is 1. The maximum Gasteiger partial charge on any atom is 0.0418 e. The minimum absolute atomic E-state index is 1.07. The highest BCUT2D eigenvalue weighted by Crippen LogP contribution is 2.27. The Balaban J connectivity index is 2.27. The number of fused-ring (bicyclic) bond motifs is 1. The van der Waals surface area contributed by atoms with E-state index in [0.717, 1.165) is 12.8 Å². The molecule has 62 valence electrons. The van der Waals surface area contributed by atoms with Crippen LogP contribution in [0.5, 0.6) is 0 Å². The molecule has 0 saturated heterocycles. The molecular formula is C11H13N. The van der Waals surface area contributed by atoms with Gasteiger partial charge in [0, 0.05) is 17.8 Å². The molecule has 12 heavy (non-hydrogen) atoms. The van der Waals surface area contributed by atoms with Crippen molar-refractivity contribution in [3.8, 4) is 0 Å². The van der Waals surface area contributed by atoms with Crippen LogP contribution in [0.25, 0.3) is 0 Å². The second-order valence-corrected chi connectivity index (χ2v) is 3.10. The first kappa shape index (κ1) is 7.41. The zero-order valence-corrected chi connectivity index (χ0v) is 7.30. The topological polar surface area (TPSA) is 12.0 Å². The van der Waals surface area contributed by atoms with Gasteiger partial charge in [-0.15, -0.1) is 0 Å². The first-order chi connectivity index (χ1) is 5.90. The van der Waals surface area contributed by atoms with Crippen molar-refractivity contribution < 1.29 is 0 Å². The molecule has 0 atom stereocenters. The Hall–Kier alpha value is -1.24. The molecule has 1 heteroatoms. The normalized spacial score (nSPS) is 17.6. The third-order valence-electron chi connectivity index (χ3n) is 2.14. The SMILES string of the molecule is CC/C=C1/Cc2ccccc2N1. The van der Waals surface area contributed by atoms with Gasteiger partial charge in [-0.2, -0.15) is 0 Å². The van der Waals surface area contributed by atoms with E-state index in [-0.39, 0.29) is 0 Å². The van der Waals surface area contributed by atoms with Gasteiger partial charge in [-0.3, -0.25) is 0 Å². The molecule has 0 bridgehead atoms. The summed E-state index contributed by atoms with van der Waals surface area (Å²) < 4.78 is 0. The molecule has 1 aromatic rings. The predicted octanol–water partition coefficient (Wildman–Crippen LogP) is 2.95. The van der Waals surface area contributed by atoms with E-state index in [1.807, 2.05) is 0 Å². The van der Waals surface area contributed by atoms with E-state index in [0.29, 0.717) is 0 Å². The summed E-state index contributed by atoms with van der Waals surface area (Å²) in [6.45, 7) is 2.16. The summed E-state index contributed by atoms with van der Waals surface area (Å²) in [5.74, 6) is 0. The first-order valence-electron chi connectivity index (χ1n) is 4.44. The smallest absolute Gasteiger partial charge is 0.0418 e. The Labute approximate surface area is 73.1 Å². The van der Waals surface area contributed by atoms with E-state index in [9.17, 15) is 0 Å². The Morgan fingerprint density at radius 3 is 3.00 bits per heavy atom. The van der Waals surface area contributed by atoms with Crippen molar-refractivity contribution in [2.24, 2.45) is 0 Å². The maximum absolute atomic E-state index is 3.40. The molecule has 0 unspecified atom stereocenters. The molecule has 0 spiro atoms. The van der Waals surface area contributed by atoms with Gasteiger partial charge in [-0.25, -0.2) is 0 Å². The summed E-state index contributed by atoms with van der Waals surface area (Å²) in [4.78, 5) is 0. The van der Waals surface area contributed by atoms with Crippen LogP contribution in [0.4, 0.5) is 5.69 Å². The van der Waals surface area contributed by atoms with Gasteiger partial charge in [0.1, 0.15) is 0 Å². The van der Waals surface area contributed by atoms with Gasteiger partial charge in [0.25, 0.3) is 0 Å². The van der Waals surface area contributed by atoms with E-state index in [2.05, 4.69) is 42.6 Å². The standard InChI is InChI=1S/C11H13N/c1-2-5-10-8-9-6-3-4-7-11(9)12-10/h3-7,12H,2,8H2,1H3/b10-5-. The second-order valence-electron chi connectivity index (χ2n) is 3.10. The Morgan fingerprint density at radius 1 is 1.42 bits per heavy atom. The Kier molecular flexibility index (Phi) is 1.86. The second kappa shape index (κ2) is 3.02. The van der Waals surface area contributed by atoms with Crippen LogP contribution in [0.3, 0.4) is 0 Å². The fraction of sp³-hybridized carbons (Fsp3) is 0.273. The number of allylic oxidation sites excluding steroid dienone is 2. The van der Waals surface area contributed by atoms with E-state index in [1.54, 1.807) is 0 Å². The maximum atomic E-state index is 3.40. The quantitative estimate of drug-likeness (QED) is 0.664. The van der Waals surface area contributed by atoms with Crippen molar-refractivity contribution >= 4 is 5.69 Å². The summed E-state index contributed by atoms with van der Waals surface area (Å²) in [5.41, 5.74) is 4.04. The first-order valence-corrected chi connectivity index (χ1v) is 4.44. The van der Waals surface area contributed by atoms with E-state index in [4.69, 9.17) is 0 Å². The molecule has 1 N–H and O–H groups in total. The summed E-state index contributed by atoms with van der Waals surface area (Å²) >= 11 is 0. The molecular weight excluding hydrogens is 146 g/mol. The van der Waals surface area contributed by atoms with Crippen molar-refractivity contribution in [3.05, 3.63) is 41.6 Å². The third-order valence-corrected chi connectivity index (χ3v) is 2.14. The number of anilines is 1. The number of hydrogen-bond donors (Lipinski definition) is 1. The molecule has 1 aliphatic heterocycles. The molecule has 1 aromatic carbocycles. The van der Waals surface area contributed by atoms with Crippen LogP contribution in [0.15, 0.2) is 36.0 Å². The molecule has 0 aromatic heterocycles. The zero-order chi connectivity index (χ0) is 8.39. The summed E-state index contributed by atoms with van der Waals surface area (Å²) in [7, 11) is 0. The fourth-order valence-corrected chi connectivity index (χ4v) is 1.59. The van der Waals surface area contributed by atoms with Gasteiger partial charge in [-0.1, -0.05) is 31.2 Å². The van der Waals surface area contributed by atoms with Crippen molar-refractivity contribution in [1.82, 2.24) is 0 Å². The lowest BCUT2D eigenvalue weighted by molar-refractivity contribution is 1.14. The number of nitrogens with one attached hydrogen (secondary N) is 1. The van der Waals surface area contributed by atoms with Crippen molar-refractivity contribution in [1.29, 1.82) is 0 Å². The minimum atomic E-state index is 1.07. The van der Waals surface area contributed by atoms with E-state index in [1.165, 1.54) is 16.9 Å². The van der Waals surface area contributed by atoms with Crippen molar-refractivity contribution in [2.45, 2.75) is 19.8 Å². The summed E-state index contributed by atoms with van der Waals surface area (Å²) in [6, 6.07) is 8.47. The van der Waals surface area contributed by atoms with Gasteiger partial charge in [-0.05, 0) is 18.1 Å². The third kappa shape index (κ3) is 1.22. The fourth-order valence-electron chi connectivity index (χ4n) is 1.59. The largest absolute Gasteiger partial charge is 0.359 e. The monoisotopic (exact) mass is 159 g/mol. The van der Waals surface area contributed by atoms with Crippen LogP contribution in [-0.2, 0) is 6.42 Å². The lowest BCUT2D eigenvalue weighted by atomic mass is 10.1. The van der Waals surface area contributed by atoms with Gasteiger partial charge in [0.2, 0.25) is 0 Å². The van der Waals surface area contributed by atoms with Gasteiger partial charge < -0.3 is 5.32 Å². The van der Waals surface area contributed by atoms with Crippen LogP contribution in [0, 0.1) is 0 Å². The molecule has 0 saturated carbocycles. The predicted molar refractivity (Wildman–Crippen MR) is 52.1 cm³/mol. The van der Waals surface area contributed by atoms with Crippen molar-refractivity contribution in [2.75, 3.05) is 5.32 Å². The van der Waals surface area contributed by atoms with Gasteiger partial charge >= 0.3 is 0 Å². The van der Waals surface area contributed by atoms with Gasteiger partial charge in [0.05, 0.1) is 0 Å². The van der Waals surface area contributed by atoms with E-state index >= 15 is 0 Å². The lowest BCUT2D eigenvalue weighted by Crippen LogP contribution is -1.90. The summed E-state index contributed by atoms with van der Waals surface area (Å²) in [5, 5.41) is 3.40. The number of rotatable bonds is 1. The average molecular weight is 159 g/mol. The average Bonchev–Trinajstić information content (AvgIpc) is 2.47. The van der Waals surface area contributed by atoms with Crippen LogP contribution in [0.1, 0.15) is 18.9 Å². The number of para-hydroxylation sites is 1. The number of benzene rings is 1. The molecule has 1 nitrogen and oxygen atoms in total. The molecule has 0 radical (unpaired) electrons. The molecule has 0 fully saturated rings. The molecule has 0 aliphatic carbocycles. The Morgan fingerprint density at radius 2 is 2.25 bits per heavy atom. The molecule has 1 aliphatic rings. The van der Waals surface area contributed by atoms with E-state index < -0.39 is 0 Å². The highest BCUT2D eigenvalue weighted by Gasteiger charge is 2.11.